The van der Waals surface area contributed by atoms with Gasteiger partial charge in [0.2, 0.25) is 5.75 Å². The van der Waals surface area contributed by atoms with E-state index in [0.717, 1.165) is 5.56 Å². The second-order valence-corrected chi connectivity index (χ2v) is 4.91. The van der Waals surface area contributed by atoms with E-state index in [2.05, 4.69) is 0 Å². The molecule has 2 aromatic carbocycles. The van der Waals surface area contributed by atoms with E-state index in [-0.39, 0.29) is 28.2 Å². The zero-order chi connectivity index (χ0) is 15.3. The monoisotopic (exact) mass is 284 g/mol. The lowest BCUT2D eigenvalue weighted by Crippen LogP contribution is -2.21. The number of benzene rings is 2. The van der Waals surface area contributed by atoms with Crippen molar-refractivity contribution in [3.05, 3.63) is 52.1 Å². The van der Waals surface area contributed by atoms with Gasteiger partial charge in [0.25, 0.3) is 0 Å². The number of aromatic hydroxyl groups is 2. The molecule has 5 heteroatoms. The third-order valence-electron chi connectivity index (χ3n) is 3.60. The minimum atomic E-state index is -0.631. The Balaban J connectivity index is 2.35. The van der Waals surface area contributed by atoms with Crippen LogP contribution in [-0.4, -0.2) is 28.9 Å². The van der Waals surface area contributed by atoms with Gasteiger partial charge < -0.3 is 14.9 Å². The number of ether oxygens (including phenoxy) is 1. The number of carbonyl (C=O) groups is 2. The summed E-state index contributed by atoms with van der Waals surface area (Å²) in [6.07, 6.45) is 0. The van der Waals surface area contributed by atoms with Crippen LogP contribution >= 0.6 is 0 Å². The predicted molar refractivity (Wildman–Crippen MR) is 74.4 cm³/mol. The third-order valence-corrected chi connectivity index (χ3v) is 3.60. The summed E-state index contributed by atoms with van der Waals surface area (Å²) in [6.45, 7) is 1.82. The van der Waals surface area contributed by atoms with E-state index in [1.807, 2.05) is 6.92 Å². The van der Waals surface area contributed by atoms with Crippen molar-refractivity contribution < 1.29 is 24.5 Å². The molecule has 0 saturated carbocycles. The van der Waals surface area contributed by atoms with Crippen LogP contribution in [0.2, 0.25) is 0 Å². The Morgan fingerprint density at radius 3 is 2.29 bits per heavy atom. The summed E-state index contributed by atoms with van der Waals surface area (Å²) in [5.74, 6) is -2.10. The highest BCUT2D eigenvalue weighted by Gasteiger charge is 2.34. The van der Waals surface area contributed by atoms with E-state index in [4.69, 9.17) is 4.74 Å². The zero-order valence-electron chi connectivity index (χ0n) is 11.4. The summed E-state index contributed by atoms with van der Waals surface area (Å²) in [5, 5.41) is 19.8. The van der Waals surface area contributed by atoms with Gasteiger partial charge in [0.15, 0.2) is 23.1 Å². The van der Waals surface area contributed by atoms with Crippen molar-refractivity contribution in [1.29, 1.82) is 0 Å². The molecule has 0 atom stereocenters. The summed E-state index contributed by atoms with van der Waals surface area (Å²) >= 11 is 0. The number of aryl methyl sites for hydroxylation is 1. The van der Waals surface area contributed by atoms with Gasteiger partial charge in [0, 0.05) is 16.7 Å². The van der Waals surface area contributed by atoms with Crippen molar-refractivity contribution in [3.8, 4) is 17.2 Å². The van der Waals surface area contributed by atoms with Crippen molar-refractivity contribution in [2.24, 2.45) is 0 Å². The molecule has 0 unspecified atom stereocenters. The van der Waals surface area contributed by atoms with Crippen LogP contribution in [0.25, 0.3) is 0 Å². The fourth-order valence-corrected chi connectivity index (χ4v) is 2.52. The van der Waals surface area contributed by atoms with Crippen LogP contribution < -0.4 is 4.74 Å². The van der Waals surface area contributed by atoms with Crippen molar-refractivity contribution >= 4 is 11.6 Å². The van der Waals surface area contributed by atoms with Gasteiger partial charge in [0.1, 0.15) is 0 Å². The molecule has 0 aliphatic heterocycles. The van der Waals surface area contributed by atoms with Gasteiger partial charge in [0.05, 0.1) is 12.7 Å². The summed E-state index contributed by atoms with van der Waals surface area (Å²) < 4.78 is 4.91. The molecule has 2 N–H and O–H groups in total. The van der Waals surface area contributed by atoms with Gasteiger partial charge in [-0.1, -0.05) is 17.7 Å². The molecular formula is C16H12O5. The van der Waals surface area contributed by atoms with E-state index in [0.29, 0.717) is 5.56 Å². The van der Waals surface area contributed by atoms with Gasteiger partial charge in [-0.05, 0) is 19.1 Å². The first-order chi connectivity index (χ1) is 9.95. The van der Waals surface area contributed by atoms with Crippen molar-refractivity contribution in [3.63, 3.8) is 0 Å². The number of hydrogen-bond acceptors (Lipinski definition) is 5. The molecule has 1 aliphatic carbocycles. The molecule has 106 valence electrons. The average Bonchev–Trinajstić information content (AvgIpc) is 2.47. The Bertz CT molecular complexity index is 805. The number of ketones is 2. The summed E-state index contributed by atoms with van der Waals surface area (Å²) in [7, 11) is 1.30. The second kappa shape index (κ2) is 4.34. The minimum absolute atomic E-state index is 0.0326. The highest BCUT2D eigenvalue weighted by Crippen LogP contribution is 2.44. The molecule has 5 nitrogen and oxygen atoms in total. The second-order valence-electron chi connectivity index (χ2n) is 4.91. The number of fused-ring (bicyclic) bond motifs is 2. The topological polar surface area (TPSA) is 83.8 Å². The molecule has 0 saturated heterocycles. The van der Waals surface area contributed by atoms with E-state index in [9.17, 15) is 19.8 Å². The molecule has 21 heavy (non-hydrogen) atoms. The molecule has 0 spiro atoms. The summed E-state index contributed by atoms with van der Waals surface area (Å²) in [6, 6.07) is 6.18. The minimum Gasteiger partial charge on any atom is -0.504 e. The summed E-state index contributed by atoms with van der Waals surface area (Å²) in [5.41, 5.74) is 1.21. The van der Waals surface area contributed by atoms with Gasteiger partial charge in [-0.15, -0.1) is 0 Å². The number of hydrogen-bond donors (Lipinski definition) is 2. The molecular weight excluding hydrogens is 272 g/mol. The largest absolute Gasteiger partial charge is 0.504 e. The first-order valence-electron chi connectivity index (χ1n) is 6.28. The van der Waals surface area contributed by atoms with Crippen LogP contribution in [0.3, 0.4) is 0 Å². The Morgan fingerprint density at radius 1 is 0.905 bits per heavy atom. The quantitative estimate of drug-likeness (QED) is 0.669. The van der Waals surface area contributed by atoms with Crippen LogP contribution in [0, 0.1) is 6.92 Å². The van der Waals surface area contributed by atoms with Gasteiger partial charge in [-0.25, -0.2) is 0 Å². The summed E-state index contributed by atoms with van der Waals surface area (Å²) in [4.78, 5) is 25.0. The van der Waals surface area contributed by atoms with Gasteiger partial charge >= 0.3 is 0 Å². The van der Waals surface area contributed by atoms with Gasteiger partial charge in [-0.2, -0.15) is 0 Å². The van der Waals surface area contributed by atoms with Crippen LogP contribution in [-0.2, 0) is 0 Å². The number of methoxy groups -OCH3 is 1. The highest BCUT2D eigenvalue weighted by molar-refractivity contribution is 6.29. The van der Waals surface area contributed by atoms with Gasteiger partial charge in [-0.3, -0.25) is 9.59 Å². The maximum absolute atomic E-state index is 12.5. The van der Waals surface area contributed by atoms with E-state index >= 15 is 0 Å². The maximum Gasteiger partial charge on any atom is 0.201 e. The lowest BCUT2D eigenvalue weighted by atomic mass is 9.82. The number of rotatable bonds is 1. The van der Waals surface area contributed by atoms with Crippen LogP contribution in [0.4, 0.5) is 0 Å². The molecule has 3 rings (SSSR count). The van der Waals surface area contributed by atoms with Crippen LogP contribution in [0.15, 0.2) is 24.3 Å². The van der Waals surface area contributed by atoms with E-state index < -0.39 is 17.3 Å². The van der Waals surface area contributed by atoms with Crippen LogP contribution in [0.1, 0.15) is 37.4 Å². The third kappa shape index (κ3) is 1.71. The normalized spacial score (nSPS) is 12.9. The maximum atomic E-state index is 12.5. The van der Waals surface area contributed by atoms with Crippen molar-refractivity contribution in [2.75, 3.05) is 7.11 Å². The zero-order valence-corrected chi connectivity index (χ0v) is 11.4. The van der Waals surface area contributed by atoms with Crippen molar-refractivity contribution in [2.45, 2.75) is 6.92 Å². The average molecular weight is 284 g/mol. The number of carbonyl (C=O) groups excluding carboxylic acids is 2. The number of phenolic OH excluding ortho intramolecular Hbond substituents is 2. The van der Waals surface area contributed by atoms with E-state index in [1.54, 1.807) is 18.2 Å². The lowest BCUT2D eigenvalue weighted by Gasteiger charge is -2.20. The molecule has 0 fully saturated rings. The van der Waals surface area contributed by atoms with Crippen molar-refractivity contribution in [1.82, 2.24) is 0 Å². The first-order valence-corrected chi connectivity index (χ1v) is 6.28. The fourth-order valence-electron chi connectivity index (χ4n) is 2.52. The molecule has 2 aromatic rings. The highest BCUT2D eigenvalue weighted by atomic mass is 16.5. The molecule has 0 heterocycles. The molecule has 0 bridgehead atoms. The molecule has 0 aromatic heterocycles. The Kier molecular flexibility index (Phi) is 2.73. The SMILES string of the molecule is COc1cc2c(c(O)c1O)C(=O)c1ccc(C)cc1C2=O. The first kappa shape index (κ1) is 13.2. The lowest BCUT2D eigenvalue weighted by molar-refractivity contribution is 0.0975. The standard InChI is InChI=1S/C16H12O5/c1-7-3-4-8-9(5-7)13(17)10-6-11(21-2)15(19)16(20)12(10)14(8)18/h3-6,19-20H,1-2H3. The molecule has 1 aliphatic rings. The number of phenols is 2. The molecule has 0 radical (unpaired) electrons. The fraction of sp³-hybridized carbons (Fsp3) is 0.125. The Morgan fingerprint density at radius 2 is 1.62 bits per heavy atom. The predicted octanol–water partition coefficient (Wildman–Crippen LogP) is 2.19. The van der Waals surface area contributed by atoms with Crippen LogP contribution in [0.5, 0.6) is 17.2 Å². The Labute approximate surface area is 120 Å². The smallest absolute Gasteiger partial charge is 0.201 e. The molecule has 0 amide bonds. The van der Waals surface area contributed by atoms with E-state index in [1.165, 1.54) is 13.2 Å². The Hall–Kier alpha value is -2.82.